The van der Waals surface area contributed by atoms with E-state index in [0.717, 1.165) is 19.3 Å². The first-order valence-electron chi connectivity index (χ1n) is 7.31. The summed E-state index contributed by atoms with van der Waals surface area (Å²) in [5, 5.41) is 9.28. The minimum Gasteiger partial charge on any atom is -0.480 e. The van der Waals surface area contributed by atoms with Crippen molar-refractivity contribution in [1.82, 2.24) is 9.80 Å². The average Bonchev–Trinajstić information content (AvgIpc) is 3.05. The summed E-state index contributed by atoms with van der Waals surface area (Å²) in [7, 11) is 0. The van der Waals surface area contributed by atoms with Crippen LogP contribution in [0.2, 0.25) is 0 Å². The Kier molecular flexibility index (Phi) is 3.18. The number of hydrogen-bond acceptors (Lipinski definition) is 3. The highest BCUT2D eigenvalue weighted by atomic mass is 16.4. The molecule has 0 aromatic rings. The van der Waals surface area contributed by atoms with E-state index < -0.39 is 12.0 Å². The van der Waals surface area contributed by atoms with Crippen molar-refractivity contribution in [3.05, 3.63) is 0 Å². The molecular formula is C14H20N2O4. The lowest BCUT2D eigenvalue weighted by atomic mass is 10.0. The molecule has 0 spiro atoms. The molecule has 2 saturated heterocycles. The Morgan fingerprint density at radius 2 is 1.95 bits per heavy atom. The number of amides is 2. The van der Waals surface area contributed by atoms with Crippen molar-refractivity contribution in [2.75, 3.05) is 13.1 Å². The molecule has 1 aliphatic carbocycles. The van der Waals surface area contributed by atoms with Crippen molar-refractivity contribution in [3.63, 3.8) is 0 Å². The number of carbonyl (C=O) groups excluding carboxylic acids is 2. The molecule has 2 heterocycles. The van der Waals surface area contributed by atoms with Crippen LogP contribution in [-0.2, 0) is 14.4 Å². The molecule has 6 heteroatoms. The van der Waals surface area contributed by atoms with Crippen LogP contribution < -0.4 is 0 Å². The largest absolute Gasteiger partial charge is 0.480 e. The van der Waals surface area contributed by atoms with Gasteiger partial charge in [0.1, 0.15) is 6.04 Å². The summed E-state index contributed by atoms with van der Waals surface area (Å²) < 4.78 is 0. The maximum atomic E-state index is 12.5. The van der Waals surface area contributed by atoms with Crippen molar-refractivity contribution in [2.45, 2.75) is 44.7 Å². The van der Waals surface area contributed by atoms with Gasteiger partial charge in [0.15, 0.2) is 0 Å². The monoisotopic (exact) mass is 280 g/mol. The van der Waals surface area contributed by atoms with Gasteiger partial charge in [-0.3, -0.25) is 9.59 Å². The summed E-state index contributed by atoms with van der Waals surface area (Å²) in [5.41, 5.74) is 0. The molecule has 2 amide bonds. The second-order valence-corrected chi connectivity index (χ2v) is 6.26. The molecule has 3 rings (SSSR count). The first-order valence-corrected chi connectivity index (χ1v) is 7.31. The van der Waals surface area contributed by atoms with Crippen LogP contribution in [0.3, 0.4) is 0 Å². The first kappa shape index (κ1) is 13.4. The quantitative estimate of drug-likeness (QED) is 0.807. The minimum atomic E-state index is -0.938. The fourth-order valence-electron chi connectivity index (χ4n) is 3.44. The Morgan fingerprint density at radius 1 is 1.25 bits per heavy atom. The van der Waals surface area contributed by atoms with E-state index in [9.17, 15) is 19.5 Å². The van der Waals surface area contributed by atoms with Gasteiger partial charge in [-0.25, -0.2) is 4.79 Å². The SMILES string of the molecule is CC1CCN(C(=O)C2CC(=O)N(C3CC3)C2)C1C(=O)O. The van der Waals surface area contributed by atoms with Crippen LogP contribution in [-0.4, -0.2) is 57.9 Å². The lowest BCUT2D eigenvalue weighted by Gasteiger charge is -2.26. The fraction of sp³-hybridized carbons (Fsp3) is 0.786. The van der Waals surface area contributed by atoms with Gasteiger partial charge in [-0.1, -0.05) is 6.92 Å². The van der Waals surface area contributed by atoms with Gasteiger partial charge in [-0.2, -0.15) is 0 Å². The molecule has 1 saturated carbocycles. The van der Waals surface area contributed by atoms with E-state index in [-0.39, 0.29) is 30.1 Å². The molecule has 0 radical (unpaired) electrons. The molecule has 2 aliphatic heterocycles. The number of carbonyl (C=O) groups is 3. The summed E-state index contributed by atoms with van der Waals surface area (Å²) in [6, 6.07) is -0.402. The average molecular weight is 280 g/mol. The molecule has 3 atom stereocenters. The van der Waals surface area contributed by atoms with Crippen LogP contribution in [0, 0.1) is 11.8 Å². The Balaban J connectivity index is 1.70. The molecule has 110 valence electrons. The minimum absolute atomic E-state index is 0.0203. The predicted octanol–water partition coefficient (Wildman–Crippen LogP) is 0.319. The van der Waals surface area contributed by atoms with E-state index in [1.54, 1.807) is 4.90 Å². The molecule has 1 N–H and O–H groups in total. The predicted molar refractivity (Wildman–Crippen MR) is 69.8 cm³/mol. The Labute approximate surface area is 117 Å². The Hall–Kier alpha value is -1.59. The van der Waals surface area contributed by atoms with Gasteiger partial charge in [-0.15, -0.1) is 0 Å². The van der Waals surface area contributed by atoms with E-state index in [0.29, 0.717) is 19.1 Å². The van der Waals surface area contributed by atoms with Crippen LogP contribution in [0.5, 0.6) is 0 Å². The highest BCUT2D eigenvalue weighted by Crippen LogP contribution is 2.34. The maximum Gasteiger partial charge on any atom is 0.326 e. The summed E-state index contributed by atoms with van der Waals surface area (Å²) >= 11 is 0. The van der Waals surface area contributed by atoms with Crippen molar-refractivity contribution in [3.8, 4) is 0 Å². The molecule has 0 aromatic heterocycles. The van der Waals surface area contributed by atoms with Gasteiger partial charge < -0.3 is 14.9 Å². The molecular weight excluding hydrogens is 260 g/mol. The fourth-order valence-corrected chi connectivity index (χ4v) is 3.44. The van der Waals surface area contributed by atoms with Crippen molar-refractivity contribution >= 4 is 17.8 Å². The van der Waals surface area contributed by atoms with E-state index in [2.05, 4.69) is 0 Å². The second kappa shape index (κ2) is 4.75. The summed E-state index contributed by atoms with van der Waals surface area (Å²) in [6.45, 7) is 2.83. The normalized spacial score (nSPS) is 33.9. The zero-order valence-corrected chi connectivity index (χ0v) is 11.6. The maximum absolute atomic E-state index is 12.5. The van der Waals surface area contributed by atoms with Crippen LogP contribution >= 0.6 is 0 Å². The van der Waals surface area contributed by atoms with E-state index in [4.69, 9.17) is 0 Å². The number of aliphatic carboxylic acids is 1. The third-order valence-corrected chi connectivity index (χ3v) is 4.73. The number of carboxylic acid groups (broad SMARTS) is 1. The van der Waals surface area contributed by atoms with Crippen LogP contribution in [0.15, 0.2) is 0 Å². The zero-order valence-electron chi connectivity index (χ0n) is 11.6. The standard InChI is InChI=1S/C14H20N2O4/c1-8-4-5-15(12(8)14(19)20)13(18)9-6-11(17)16(7-9)10-2-3-10/h8-10,12H,2-7H2,1H3,(H,19,20). The molecule has 6 nitrogen and oxygen atoms in total. The number of hydrogen-bond donors (Lipinski definition) is 1. The topological polar surface area (TPSA) is 77.9 Å². The second-order valence-electron chi connectivity index (χ2n) is 6.26. The summed E-state index contributed by atoms with van der Waals surface area (Å²) in [5.74, 6) is -1.42. The van der Waals surface area contributed by atoms with Crippen LogP contribution in [0.1, 0.15) is 32.6 Å². The molecule has 0 aromatic carbocycles. The van der Waals surface area contributed by atoms with Crippen molar-refractivity contribution < 1.29 is 19.5 Å². The first-order chi connectivity index (χ1) is 9.49. The lowest BCUT2D eigenvalue weighted by molar-refractivity contribution is -0.150. The van der Waals surface area contributed by atoms with Gasteiger partial charge in [0, 0.05) is 25.6 Å². The third kappa shape index (κ3) is 2.17. The van der Waals surface area contributed by atoms with Gasteiger partial charge in [0.2, 0.25) is 11.8 Å². The smallest absolute Gasteiger partial charge is 0.326 e. The van der Waals surface area contributed by atoms with Gasteiger partial charge >= 0.3 is 5.97 Å². The highest BCUT2D eigenvalue weighted by Gasteiger charge is 2.46. The van der Waals surface area contributed by atoms with E-state index in [1.165, 1.54) is 4.90 Å². The summed E-state index contributed by atoms with van der Waals surface area (Å²) in [6.07, 6.45) is 3.03. The zero-order chi connectivity index (χ0) is 14.4. The van der Waals surface area contributed by atoms with E-state index >= 15 is 0 Å². The number of rotatable bonds is 3. The van der Waals surface area contributed by atoms with Crippen molar-refractivity contribution in [1.29, 1.82) is 0 Å². The molecule has 20 heavy (non-hydrogen) atoms. The Morgan fingerprint density at radius 3 is 2.55 bits per heavy atom. The van der Waals surface area contributed by atoms with Crippen LogP contribution in [0.4, 0.5) is 0 Å². The summed E-state index contributed by atoms with van der Waals surface area (Å²) in [4.78, 5) is 39.0. The van der Waals surface area contributed by atoms with Crippen molar-refractivity contribution in [2.24, 2.45) is 11.8 Å². The van der Waals surface area contributed by atoms with E-state index in [1.807, 2.05) is 6.92 Å². The third-order valence-electron chi connectivity index (χ3n) is 4.73. The molecule has 3 unspecified atom stereocenters. The Bertz CT molecular complexity index is 460. The molecule has 0 bridgehead atoms. The molecule has 3 fully saturated rings. The highest BCUT2D eigenvalue weighted by molar-refractivity contribution is 5.92. The van der Waals surface area contributed by atoms with Crippen LogP contribution in [0.25, 0.3) is 0 Å². The van der Waals surface area contributed by atoms with Gasteiger partial charge in [0.25, 0.3) is 0 Å². The number of carboxylic acids is 1. The van der Waals surface area contributed by atoms with Gasteiger partial charge in [0.05, 0.1) is 5.92 Å². The number of nitrogens with zero attached hydrogens (tertiary/aromatic N) is 2. The number of likely N-dealkylation sites (tertiary alicyclic amines) is 2. The van der Waals surface area contributed by atoms with Gasteiger partial charge in [-0.05, 0) is 25.2 Å². The lowest BCUT2D eigenvalue weighted by Crippen LogP contribution is -2.46. The molecule has 3 aliphatic rings.